The van der Waals surface area contributed by atoms with Crippen molar-refractivity contribution in [3.05, 3.63) is 125 Å². The van der Waals surface area contributed by atoms with E-state index in [-0.39, 0.29) is 30.1 Å². The van der Waals surface area contributed by atoms with Gasteiger partial charge in [-0.25, -0.2) is 0 Å². The van der Waals surface area contributed by atoms with E-state index in [1.54, 1.807) is 12.0 Å². The number of carbonyl (C=O) groups excluding carboxylic acids is 2. The standard InChI is InChI=1S/C41H44BrN5O5Si/c1-28-39(53(3,4)35-17-15-34(51-2)16-18-35)38(20-22-45-26-31(21-23-48)43-44-45)52-41(28)36-24-30(42)12-19-37(36)46(40(41)50)25-29-10-13-33(14-11-29)47(27-49)32-8-6-5-7-9-32/h5-19,24,26-28,38-39,48H,20-23,25H2,1-4H3/t28-,38+,39-,41+/m0/s1. The Labute approximate surface area is 319 Å². The highest BCUT2D eigenvalue weighted by molar-refractivity contribution is 9.10. The SMILES string of the molecule is COc1ccc([Si](C)(C)[C@@H]2[C@@H](CCn3cc(CCO)nn3)O[C@]3(C(=O)N(Cc4ccc(N(C=O)c5ccccc5)cc4)c4ccc(Br)cc43)[C@H]2C)cc1. The summed E-state index contributed by atoms with van der Waals surface area (Å²) in [5.74, 6) is 0.579. The van der Waals surface area contributed by atoms with E-state index in [1.807, 2.05) is 94.6 Å². The van der Waals surface area contributed by atoms with Gasteiger partial charge in [-0.3, -0.25) is 19.2 Å². The van der Waals surface area contributed by atoms with Gasteiger partial charge in [0.2, 0.25) is 6.41 Å². The van der Waals surface area contributed by atoms with Gasteiger partial charge in [-0.05, 0) is 72.1 Å². The fourth-order valence-corrected chi connectivity index (χ4v) is 12.9. The zero-order valence-electron chi connectivity index (χ0n) is 30.4. The summed E-state index contributed by atoms with van der Waals surface area (Å²) in [5, 5.41) is 19.2. The maximum atomic E-state index is 15.2. The number of hydrogen-bond donors (Lipinski definition) is 1. The number of rotatable bonds is 13. The van der Waals surface area contributed by atoms with Gasteiger partial charge in [0, 0.05) is 53.1 Å². The molecule has 1 saturated heterocycles. The van der Waals surface area contributed by atoms with Crippen LogP contribution in [0, 0.1) is 5.92 Å². The van der Waals surface area contributed by atoms with Gasteiger partial charge < -0.3 is 19.5 Å². The van der Waals surface area contributed by atoms with E-state index in [9.17, 15) is 9.90 Å². The van der Waals surface area contributed by atoms with Crippen LogP contribution >= 0.6 is 15.9 Å². The van der Waals surface area contributed by atoms with Crippen LogP contribution in [0.1, 0.15) is 30.2 Å². The molecule has 2 amide bonds. The molecule has 274 valence electrons. The summed E-state index contributed by atoms with van der Waals surface area (Å²) < 4.78 is 15.5. The molecule has 7 rings (SSSR count). The lowest BCUT2D eigenvalue weighted by molar-refractivity contribution is -0.146. The third-order valence-corrected chi connectivity index (χ3v) is 15.9. The van der Waals surface area contributed by atoms with Crippen molar-refractivity contribution in [2.75, 3.05) is 23.5 Å². The lowest BCUT2D eigenvalue weighted by Crippen LogP contribution is -2.51. The number of aliphatic hydroxyl groups excluding tert-OH is 1. The highest BCUT2D eigenvalue weighted by Gasteiger charge is 2.66. The molecular formula is C41H44BrN5O5Si. The third-order valence-electron chi connectivity index (χ3n) is 11.1. The van der Waals surface area contributed by atoms with Crippen molar-refractivity contribution in [2.45, 2.75) is 63.2 Å². The van der Waals surface area contributed by atoms with Crippen molar-refractivity contribution in [2.24, 2.45) is 5.92 Å². The number of carbonyl (C=O) groups is 2. The first-order valence-corrected chi connectivity index (χ1v) is 21.8. The molecule has 12 heteroatoms. The monoisotopic (exact) mass is 793 g/mol. The number of anilines is 3. The number of halogens is 1. The summed E-state index contributed by atoms with van der Waals surface area (Å²) in [4.78, 5) is 30.7. The van der Waals surface area contributed by atoms with Crippen LogP contribution in [0.5, 0.6) is 5.75 Å². The molecule has 2 aliphatic rings. The predicted molar refractivity (Wildman–Crippen MR) is 211 cm³/mol. The molecule has 4 atom stereocenters. The number of methoxy groups -OCH3 is 1. The molecule has 0 bridgehead atoms. The minimum Gasteiger partial charge on any atom is -0.497 e. The van der Waals surface area contributed by atoms with E-state index in [0.717, 1.165) is 50.5 Å². The van der Waals surface area contributed by atoms with Crippen LogP contribution in [0.15, 0.2) is 108 Å². The quantitative estimate of drug-likeness (QED) is 0.104. The van der Waals surface area contributed by atoms with E-state index in [1.165, 1.54) is 5.19 Å². The Morgan fingerprint density at radius 2 is 1.74 bits per heavy atom. The molecule has 0 aliphatic carbocycles. The van der Waals surface area contributed by atoms with Crippen LogP contribution in [0.3, 0.4) is 0 Å². The van der Waals surface area contributed by atoms with Crippen molar-refractivity contribution >= 4 is 58.6 Å². The Kier molecular flexibility index (Phi) is 10.4. The first-order valence-electron chi connectivity index (χ1n) is 17.9. The normalized spacial score (nSPS) is 20.9. The summed E-state index contributed by atoms with van der Waals surface area (Å²) in [5.41, 5.74) is 3.76. The zero-order valence-corrected chi connectivity index (χ0v) is 32.9. The molecule has 0 radical (unpaired) electrons. The zero-order chi connectivity index (χ0) is 37.3. The Morgan fingerprint density at radius 1 is 1.02 bits per heavy atom. The molecule has 0 unspecified atom stereocenters. The predicted octanol–water partition coefficient (Wildman–Crippen LogP) is 6.73. The van der Waals surface area contributed by atoms with E-state index in [4.69, 9.17) is 9.47 Å². The number of aliphatic hydroxyl groups is 1. The Morgan fingerprint density at radius 3 is 2.42 bits per heavy atom. The smallest absolute Gasteiger partial charge is 0.264 e. The van der Waals surface area contributed by atoms with Crippen molar-refractivity contribution in [1.82, 2.24) is 15.0 Å². The largest absolute Gasteiger partial charge is 0.497 e. The van der Waals surface area contributed by atoms with E-state index in [2.05, 4.69) is 64.5 Å². The number of hydrogen-bond acceptors (Lipinski definition) is 7. The van der Waals surface area contributed by atoms with Gasteiger partial charge in [0.25, 0.3) is 5.91 Å². The summed E-state index contributed by atoms with van der Waals surface area (Å²) >= 11 is 3.71. The van der Waals surface area contributed by atoms with Crippen LogP contribution < -0.4 is 19.7 Å². The van der Waals surface area contributed by atoms with Crippen molar-refractivity contribution in [1.29, 1.82) is 0 Å². The van der Waals surface area contributed by atoms with Gasteiger partial charge in [-0.15, -0.1) is 5.10 Å². The van der Waals surface area contributed by atoms with Crippen molar-refractivity contribution in [3.63, 3.8) is 0 Å². The fraction of sp³-hybridized carbons (Fsp3) is 0.317. The van der Waals surface area contributed by atoms with Crippen molar-refractivity contribution in [3.8, 4) is 5.75 Å². The number of nitrogens with zero attached hydrogens (tertiary/aromatic N) is 5. The first-order chi connectivity index (χ1) is 25.6. The van der Waals surface area contributed by atoms with Crippen molar-refractivity contribution < 1.29 is 24.2 Å². The Balaban J connectivity index is 1.24. The Hall–Kier alpha value is -4.62. The topological polar surface area (TPSA) is 110 Å². The number of fused-ring (bicyclic) bond motifs is 2. The van der Waals surface area contributed by atoms with Crippen LogP contribution in [-0.4, -0.2) is 60.3 Å². The highest BCUT2D eigenvalue weighted by Crippen LogP contribution is 2.60. The van der Waals surface area contributed by atoms with Gasteiger partial charge in [0.15, 0.2) is 5.60 Å². The molecule has 53 heavy (non-hydrogen) atoms. The second-order valence-corrected chi connectivity index (χ2v) is 20.0. The number of para-hydroxylation sites is 1. The van der Waals surface area contributed by atoms with Crippen LogP contribution in [0.2, 0.25) is 18.6 Å². The number of amides is 2. The maximum absolute atomic E-state index is 15.2. The number of benzene rings is 4. The lowest BCUT2D eigenvalue weighted by Gasteiger charge is -2.37. The second kappa shape index (κ2) is 15.0. The Bertz CT molecular complexity index is 2080. The van der Waals surface area contributed by atoms with E-state index >= 15 is 4.79 Å². The van der Waals surface area contributed by atoms with E-state index in [0.29, 0.717) is 25.9 Å². The fourth-order valence-electron chi connectivity index (χ4n) is 8.45. The van der Waals surface area contributed by atoms with Gasteiger partial charge in [0.1, 0.15) is 5.75 Å². The molecular weight excluding hydrogens is 750 g/mol. The maximum Gasteiger partial charge on any atom is 0.264 e. The molecule has 1 spiro atoms. The third kappa shape index (κ3) is 6.73. The van der Waals surface area contributed by atoms with Gasteiger partial charge in [-0.2, -0.15) is 0 Å². The number of aromatic nitrogens is 3. The molecule has 1 fully saturated rings. The van der Waals surface area contributed by atoms with Crippen LogP contribution in [-0.2, 0) is 39.4 Å². The summed E-state index contributed by atoms with van der Waals surface area (Å²) in [6, 6.07) is 31.7. The van der Waals surface area contributed by atoms with E-state index < -0.39 is 13.7 Å². The first kappa shape index (κ1) is 36.7. The van der Waals surface area contributed by atoms with Crippen LogP contribution in [0.4, 0.5) is 17.1 Å². The van der Waals surface area contributed by atoms with Gasteiger partial charge in [0.05, 0.1) is 39.2 Å². The highest BCUT2D eigenvalue weighted by atomic mass is 79.9. The number of aryl methyl sites for hydroxylation is 1. The molecule has 10 nitrogen and oxygen atoms in total. The molecule has 2 aliphatic heterocycles. The summed E-state index contributed by atoms with van der Waals surface area (Å²) in [6.07, 6.45) is 3.52. The molecule has 0 saturated carbocycles. The average molecular weight is 795 g/mol. The van der Waals surface area contributed by atoms with Gasteiger partial charge >= 0.3 is 0 Å². The molecule has 3 heterocycles. The minimum absolute atomic E-state index is 0.0107. The van der Waals surface area contributed by atoms with Crippen LogP contribution in [0.25, 0.3) is 0 Å². The summed E-state index contributed by atoms with van der Waals surface area (Å²) in [7, 11) is -0.658. The molecule has 1 aromatic heterocycles. The lowest BCUT2D eigenvalue weighted by atomic mass is 9.82. The number of ether oxygens (including phenoxy) is 2. The molecule has 4 aromatic carbocycles. The minimum atomic E-state index is -2.33. The summed E-state index contributed by atoms with van der Waals surface area (Å²) in [6.45, 7) is 7.86. The molecule has 5 aromatic rings. The second-order valence-electron chi connectivity index (χ2n) is 14.4. The van der Waals surface area contributed by atoms with Gasteiger partial charge in [-0.1, -0.05) is 88.8 Å². The average Bonchev–Trinajstić information content (AvgIpc) is 3.82. The molecule has 1 N–H and O–H groups in total.